The molecule has 0 aromatic heterocycles. The monoisotopic (exact) mass is 848 g/mol. The van der Waals surface area contributed by atoms with E-state index < -0.39 is 57.6 Å². The Morgan fingerprint density at radius 2 is 0.983 bits per heavy atom. The number of amides is 1. The summed E-state index contributed by atoms with van der Waals surface area (Å²) in [4.78, 5) is 45.9. The van der Waals surface area contributed by atoms with E-state index in [1.807, 2.05) is 0 Å². The predicted molar refractivity (Wildman–Crippen MR) is 240 cm³/mol. The Morgan fingerprint density at radius 3 is 1.51 bits per heavy atom. The van der Waals surface area contributed by atoms with Crippen LogP contribution in [-0.2, 0) is 32.7 Å². The molecule has 0 aliphatic heterocycles. The number of phosphoric ester groups is 1. The topological polar surface area (TPSA) is 169 Å². The van der Waals surface area contributed by atoms with Crippen molar-refractivity contribution in [3.8, 4) is 0 Å². The first-order chi connectivity index (χ1) is 28.6. The molecule has 59 heavy (non-hydrogen) atoms. The van der Waals surface area contributed by atoms with Crippen LogP contribution in [-0.4, -0.2) is 64.9 Å². The van der Waals surface area contributed by atoms with E-state index in [1.165, 1.54) is 32.1 Å². The molecule has 0 spiro atoms. The van der Waals surface area contributed by atoms with Gasteiger partial charge in [0.25, 0.3) is 0 Å². The lowest BCUT2D eigenvalue weighted by molar-refractivity contribution is -0.147. The Balaban J connectivity index is 3.99. The molecule has 0 aliphatic rings. The second kappa shape index (κ2) is 41.4. The lowest BCUT2D eigenvalue weighted by atomic mass is 10.1. The van der Waals surface area contributed by atoms with E-state index >= 15 is 0 Å². The molecule has 0 radical (unpaired) electrons. The number of carboxylic acids is 1. The largest absolute Gasteiger partial charge is 0.480 e. The number of hydrogen-bond donors (Lipinski definition) is 4. The Bertz CT molecular complexity index is 1320. The molecule has 336 valence electrons. The highest BCUT2D eigenvalue weighted by Crippen LogP contribution is 2.43. The minimum absolute atomic E-state index is 0.128. The van der Waals surface area contributed by atoms with Crippen molar-refractivity contribution >= 4 is 25.7 Å². The molecular weight excluding hydrogens is 769 g/mol. The number of ether oxygens (including phenoxy) is 1. The highest BCUT2D eigenvalue weighted by molar-refractivity contribution is 7.47. The van der Waals surface area contributed by atoms with Gasteiger partial charge in [-0.05, 0) is 89.9 Å². The number of allylic oxidation sites excluding steroid dienone is 14. The first-order valence-corrected chi connectivity index (χ1v) is 23.6. The second-order valence-electron chi connectivity index (χ2n) is 14.5. The number of nitrogens with one attached hydrogen (secondary N) is 1. The fourth-order valence-electron chi connectivity index (χ4n) is 5.49. The minimum atomic E-state index is -4.77. The van der Waals surface area contributed by atoms with Crippen molar-refractivity contribution in [2.45, 2.75) is 174 Å². The summed E-state index contributed by atoms with van der Waals surface area (Å²) >= 11 is 0. The van der Waals surface area contributed by atoms with Gasteiger partial charge >= 0.3 is 19.8 Å². The number of carbonyl (C=O) groups excluding carboxylic acids is 2. The first-order valence-electron chi connectivity index (χ1n) is 22.1. The second-order valence-corrected chi connectivity index (χ2v) is 16.0. The van der Waals surface area contributed by atoms with Crippen LogP contribution in [0.25, 0.3) is 0 Å². The van der Waals surface area contributed by atoms with Gasteiger partial charge < -0.3 is 25.2 Å². The third kappa shape index (κ3) is 41.2. The van der Waals surface area contributed by atoms with Crippen molar-refractivity contribution in [2.24, 2.45) is 0 Å². The van der Waals surface area contributed by atoms with Gasteiger partial charge in [-0.2, -0.15) is 0 Å². The molecule has 0 aromatic carbocycles. The number of rotatable bonds is 40. The van der Waals surface area contributed by atoms with E-state index in [0.717, 1.165) is 89.9 Å². The molecule has 3 unspecified atom stereocenters. The predicted octanol–water partition coefficient (Wildman–Crippen LogP) is 11.5. The molecule has 1 amide bonds. The highest BCUT2D eigenvalue weighted by atomic mass is 31.2. The van der Waals surface area contributed by atoms with Gasteiger partial charge in [-0.1, -0.05) is 144 Å². The van der Waals surface area contributed by atoms with Crippen molar-refractivity contribution in [1.29, 1.82) is 0 Å². The van der Waals surface area contributed by atoms with Crippen LogP contribution in [0.4, 0.5) is 0 Å². The van der Waals surface area contributed by atoms with Crippen molar-refractivity contribution < 1.29 is 47.8 Å². The summed E-state index contributed by atoms with van der Waals surface area (Å²) in [7, 11) is -4.77. The van der Waals surface area contributed by atoms with Crippen molar-refractivity contribution in [3.63, 3.8) is 0 Å². The van der Waals surface area contributed by atoms with Gasteiger partial charge in [0.1, 0.15) is 12.7 Å². The van der Waals surface area contributed by atoms with Crippen molar-refractivity contribution in [3.05, 3.63) is 85.1 Å². The van der Waals surface area contributed by atoms with Gasteiger partial charge in [0.05, 0.1) is 13.2 Å². The molecule has 0 aliphatic carbocycles. The van der Waals surface area contributed by atoms with Crippen LogP contribution in [0, 0.1) is 0 Å². The Kier molecular flexibility index (Phi) is 39.1. The Labute approximate surface area is 356 Å². The van der Waals surface area contributed by atoms with E-state index in [-0.39, 0.29) is 12.8 Å². The zero-order chi connectivity index (χ0) is 43.5. The van der Waals surface area contributed by atoms with Gasteiger partial charge in [-0.3, -0.25) is 18.6 Å². The molecule has 0 saturated carbocycles. The smallest absolute Gasteiger partial charge is 0.472 e. The molecule has 4 N–H and O–H groups in total. The van der Waals surface area contributed by atoms with E-state index in [1.54, 1.807) is 0 Å². The molecule has 0 rings (SSSR count). The molecule has 0 bridgehead atoms. The average Bonchev–Trinajstić information content (AvgIpc) is 3.21. The van der Waals surface area contributed by atoms with E-state index in [9.17, 15) is 34.1 Å². The van der Waals surface area contributed by atoms with Crippen LogP contribution in [0.3, 0.4) is 0 Å². The minimum Gasteiger partial charge on any atom is -0.480 e. The quantitative estimate of drug-likeness (QED) is 0.0201. The highest BCUT2D eigenvalue weighted by Gasteiger charge is 2.28. The summed E-state index contributed by atoms with van der Waals surface area (Å²) in [6.07, 6.45) is 50.4. The standard InChI is InChI=1S/C47H78NO10P/c1-3-5-7-9-11-13-15-17-19-20-21-22-23-24-25-27-29-31-33-35-37-39-46(51)56-40-43(49)41-57-59(54,55)58-42-44(47(52)53)48-45(50)38-36-34-32-30-28-26-18-16-14-12-10-8-6-4-2/h5,7,11,13,16-19,21-22,24-25,29,31,43-44,49H,3-4,6,8-10,12,14-15,20,23,26-28,30,32-42H2,1-2H3,(H,48,50)(H,52,53)(H,54,55)/b7-5-,13-11-,18-16-,19-17-,22-21-,25-24-,31-29-. The van der Waals surface area contributed by atoms with E-state index in [2.05, 4.69) is 104 Å². The zero-order valence-electron chi connectivity index (χ0n) is 36.3. The third-order valence-corrected chi connectivity index (χ3v) is 9.87. The Morgan fingerprint density at radius 1 is 0.559 bits per heavy atom. The number of aliphatic carboxylic acids is 1. The van der Waals surface area contributed by atoms with Crippen LogP contribution < -0.4 is 5.32 Å². The first kappa shape index (κ1) is 55.7. The van der Waals surface area contributed by atoms with Crippen LogP contribution in [0.2, 0.25) is 0 Å². The summed E-state index contributed by atoms with van der Waals surface area (Å²) < 4.78 is 26.8. The van der Waals surface area contributed by atoms with Gasteiger partial charge in [-0.15, -0.1) is 0 Å². The average molecular weight is 848 g/mol. The van der Waals surface area contributed by atoms with Crippen LogP contribution in [0.5, 0.6) is 0 Å². The molecular formula is C47H78NO10P. The molecule has 11 nitrogen and oxygen atoms in total. The normalized spacial score (nSPS) is 14.5. The summed E-state index contributed by atoms with van der Waals surface area (Å²) in [6, 6.07) is -1.56. The van der Waals surface area contributed by atoms with E-state index in [0.29, 0.717) is 12.8 Å². The fourth-order valence-corrected chi connectivity index (χ4v) is 6.26. The number of carboxylic acid groups (broad SMARTS) is 1. The molecule has 12 heteroatoms. The number of esters is 1. The number of aliphatic hydroxyl groups is 1. The SMILES string of the molecule is CC/C=C\C/C=C\C/C=C\C/C=C\C/C=C\C/C=C\CCCCC(=O)OCC(O)COP(=O)(O)OCC(NC(=O)CCCCCCC/C=C\CCCCCCC)C(=O)O. The van der Waals surface area contributed by atoms with Gasteiger partial charge in [-0.25, -0.2) is 9.36 Å². The van der Waals surface area contributed by atoms with Crippen LogP contribution in [0.1, 0.15) is 162 Å². The maximum Gasteiger partial charge on any atom is 0.472 e. The summed E-state index contributed by atoms with van der Waals surface area (Å²) in [5.74, 6) is -2.44. The van der Waals surface area contributed by atoms with Crippen LogP contribution >= 0.6 is 7.82 Å². The molecule has 0 fully saturated rings. The lowest BCUT2D eigenvalue weighted by Crippen LogP contribution is -2.43. The Hall–Kier alpha value is -3.34. The number of hydrogen-bond acceptors (Lipinski definition) is 8. The van der Waals surface area contributed by atoms with Crippen molar-refractivity contribution in [1.82, 2.24) is 5.32 Å². The number of phosphoric acid groups is 1. The zero-order valence-corrected chi connectivity index (χ0v) is 37.2. The van der Waals surface area contributed by atoms with Crippen LogP contribution in [0.15, 0.2) is 85.1 Å². The maximum atomic E-state index is 12.3. The molecule has 0 saturated heterocycles. The van der Waals surface area contributed by atoms with E-state index in [4.69, 9.17) is 13.8 Å². The lowest BCUT2D eigenvalue weighted by Gasteiger charge is -2.18. The maximum absolute atomic E-state index is 12.3. The van der Waals surface area contributed by atoms with Gasteiger partial charge in [0.2, 0.25) is 5.91 Å². The summed E-state index contributed by atoms with van der Waals surface area (Å²) in [6.45, 7) is 2.40. The molecule has 0 aromatic rings. The summed E-state index contributed by atoms with van der Waals surface area (Å²) in [5, 5.41) is 21.8. The van der Waals surface area contributed by atoms with Crippen molar-refractivity contribution in [2.75, 3.05) is 19.8 Å². The third-order valence-electron chi connectivity index (χ3n) is 8.92. The summed E-state index contributed by atoms with van der Waals surface area (Å²) in [5.41, 5.74) is 0. The molecule has 3 atom stereocenters. The fraction of sp³-hybridized carbons (Fsp3) is 0.638. The van der Waals surface area contributed by atoms with Gasteiger partial charge in [0, 0.05) is 12.8 Å². The number of carbonyl (C=O) groups is 3. The number of aliphatic hydroxyl groups excluding tert-OH is 1. The molecule has 0 heterocycles. The number of unbranched alkanes of at least 4 members (excludes halogenated alkanes) is 12. The van der Waals surface area contributed by atoms with Gasteiger partial charge in [0.15, 0.2) is 6.04 Å².